The minimum Gasteiger partial charge on any atom is -0.445 e. The maximum atomic E-state index is 12.3. The van der Waals surface area contributed by atoms with Gasteiger partial charge in [0.15, 0.2) is 0 Å². The SMILES string of the molecule is C=C(CN1CC(C)OC(C)C1)[B-](F)(F)F. The molecule has 0 aromatic carbocycles. The van der Waals surface area contributed by atoms with Crippen molar-refractivity contribution in [1.82, 2.24) is 4.90 Å². The van der Waals surface area contributed by atoms with Gasteiger partial charge in [-0.05, 0) is 20.4 Å². The molecule has 1 fully saturated rings. The lowest BCUT2D eigenvalue weighted by Crippen LogP contribution is -2.47. The zero-order valence-corrected chi connectivity index (χ0v) is 9.05. The molecule has 0 spiro atoms. The van der Waals surface area contributed by atoms with Gasteiger partial charge in [0.05, 0.1) is 12.2 Å². The van der Waals surface area contributed by atoms with Crippen LogP contribution in [0.25, 0.3) is 0 Å². The zero-order valence-electron chi connectivity index (χ0n) is 9.05. The highest BCUT2D eigenvalue weighted by Crippen LogP contribution is 2.20. The first-order chi connectivity index (χ1) is 6.79. The summed E-state index contributed by atoms with van der Waals surface area (Å²) in [5, 5.41) is 0. The number of ether oxygens (including phenoxy) is 1. The average Bonchev–Trinajstić information content (AvgIpc) is 1.99. The Balaban J connectivity index is 2.48. The molecule has 0 bridgehead atoms. The van der Waals surface area contributed by atoms with Crippen molar-refractivity contribution in [2.45, 2.75) is 26.1 Å². The molecule has 2 nitrogen and oxygen atoms in total. The van der Waals surface area contributed by atoms with Crippen molar-refractivity contribution in [3.8, 4) is 0 Å². The molecular formula is C9H16BF3NO-. The Hall–Kier alpha value is -0.485. The molecule has 1 aliphatic rings. The minimum atomic E-state index is -4.91. The first kappa shape index (κ1) is 12.6. The van der Waals surface area contributed by atoms with Crippen LogP contribution >= 0.6 is 0 Å². The second kappa shape index (κ2) is 4.57. The van der Waals surface area contributed by atoms with Crippen LogP contribution in [0, 0.1) is 0 Å². The third-order valence-electron chi connectivity index (χ3n) is 2.38. The number of hydrogen-bond acceptors (Lipinski definition) is 2. The van der Waals surface area contributed by atoms with Crippen LogP contribution in [0.1, 0.15) is 13.8 Å². The number of hydrogen-bond donors (Lipinski definition) is 0. The Kier molecular flexibility index (Phi) is 3.84. The highest BCUT2D eigenvalue weighted by Gasteiger charge is 2.30. The largest absolute Gasteiger partial charge is 0.506 e. The van der Waals surface area contributed by atoms with E-state index in [0.717, 1.165) is 0 Å². The predicted octanol–water partition coefficient (Wildman–Crippen LogP) is 2.04. The summed E-state index contributed by atoms with van der Waals surface area (Å²) >= 11 is 0. The van der Waals surface area contributed by atoms with Crippen molar-refractivity contribution in [2.24, 2.45) is 0 Å². The monoisotopic (exact) mass is 222 g/mol. The Morgan fingerprint density at radius 1 is 1.33 bits per heavy atom. The van der Waals surface area contributed by atoms with E-state index in [1.54, 1.807) is 4.90 Å². The molecule has 0 N–H and O–H groups in total. The van der Waals surface area contributed by atoms with Gasteiger partial charge in [-0.1, -0.05) is 0 Å². The Bertz CT molecular complexity index is 234. The van der Waals surface area contributed by atoms with E-state index in [1.165, 1.54) is 0 Å². The molecule has 0 aromatic heterocycles. The molecule has 0 radical (unpaired) electrons. The molecule has 6 heteroatoms. The summed E-state index contributed by atoms with van der Waals surface area (Å²) in [4.78, 5) is 1.75. The predicted molar refractivity (Wildman–Crippen MR) is 54.7 cm³/mol. The summed E-state index contributed by atoms with van der Waals surface area (Å²) < 4.78 is 42.3. The van der Waals surface area contributed by atoms with Crippen LogP contribution in [0.5, 0.6) is 0 Å². The second-order valence-electron chi connectivity index (χ2n) is 4.18. The molecule has 88 valence electrons. The molecule has 0 saturated carbocycles. The average molecular weight is 222 g/mol. The smallest absolute Gasteiger partial charge is 0.445 e. The van der Waals surface area contributed by atoms with Gasteiger partial charge in [0, 0.05) is 13.1 Å². The normalized spacial score (nSPS) is 29.1. The van der Waals surface area contributed by atoms with Crippen molar-refractivity contribution < 1.29 is 17.7 Å². The Morgan fingerprint density at radius 2 is 1.80 bits per heavy atom. The van der Waals surface area contributed by atoms with Crippen molar-refractivity contribution in [3.05, 3.63) is 12.1 Å². The van der Waals surface area contributed by atoms with Gasteiger partial charge in [-0.2, -0.15) is 0 Å². The van der Waals surface area contributed by atoms with Crippen LogP contribution in [-0.4, -0.2) is 43.7 Å². The molecule has 1 saturated heterocycles. The molecular weight excluding hydrogens is 206 g/mol. The lowest BCUT2D eigenvalue weighted by Gasteiger charge is -2.37. The maximum Gasteiger partial charge on any atom is 0.506 e. The fraction of sp³-hybridized carbons (Fsp3) is 0.778. The lowest BCUT2D eigenvalue weighted by atomic mass is 9.80. The second-order valence-corrected chi connectivity index (χ2v) is 4.18. The summed E-state index contributed by atoms with van der Waals surface area (Å²) in [6.45, 7) is 2.89. The standard InChI is InChI=1S/C9H16BF3NO/c1-7(10(11,12)13)4-14-5-8(2)15-9(3)6-14/h8-9H,1,4-6H2,2-3H3/q-1. The molecule has 15 heavy (non-hydrogen) atoms. The van der Waals surface area contributed by atoms with E-state index in [1.807, 2.05) is 13.8 Å². The van der Waals surface area contributed by atoms with Crippen LogP contribution < -0.4 is 0 Å². The maximum absolute atomic E-state index is 12.3. The molecule has 2 atom stereocenters. The van der Waals surface area contributed by atoms with Gasteiger partial charge in [-0.15, -0.1) is 12.1 Å². The fourth-order valence-electron chi connectivity index (χ4n) is 1.80. The Morgan fingerprint density at radius 3 is 2.20 bits per heavy atom. The van der Waals surface area contributed by atoms with E-state index in [0.29, 0.717) is 13.1 Å². The highest BCUT2D eigenvalue weighted by molar-refractivity contribution is 6.66. The molecule has 1 heterocycles. The van der Waals surface area contributed by atoms with Crippen LogP contribution in [0.2, 0.25) is 0 Å². The summed E-state index contributed by atoms with van der Waals surface area (Å²) in [6.07, 6.45) is -0.0235. The summed E-state index contributed by atoms with van der Waals surface area (Å²) in [5.74, 6) is 0. The third-order valence-corrected chi connectivity index (χ3v) is 2.38. The molecule has 1 aliphatic heterocycles. The van der Waals surface area contributed by atoms with Gasteiger partial charge >= 0.3 is 6.98 Å². The van der Waals surface area contributed by atoms with Crippen LogP contribution in [0.3, 0.4) is 0 Å². The van der Waals surface area contributed by atoms with E-state index in [4.69, 9.17) is 4.74 Å². The summed E-state index contributed by atoms with van der Waals surface area (Å²) in [6, 6.07) is 0. The van der Waals surface area contributed by atoms with E-state index in [9.17, 15) is 12.9 Å². The highest BCUT2D eigenvalue weighted by atomic mass is 19.4. The first-order valence-corrected chi connectivity index (χ1v) is 5.04. The van der Waals surface area contributed by atoms with Gasteiger partial charge in [0.1, 0.15) is 0 Å². The van der Waals surface area contributed by atoms with Crippen molar-refractivity contribution in [3.63, 3.8) is 0 Å². The number of morpholine rings is 1. The molecule has 0 aromatic rings. The fourth-order valence-corrected chi connectivity index (χ4v) is 1.80. The van der Waals surface area contributed by atoms with Crippen molar-refractivity contribution >= 4 is 6.98 Å². The topological polar surface area (TPSA) is 12.5 Å². The van der Waals surface area contributed by atoms with Crippen molar-refractivity contribution in [1.29, 1.82) is 0 Å². The van der Waals surface area contributed by atoms with E-state index < -0.39 is 12.4 Å². The zero-order chi connectivity index (χ0) is 11.6. The van der Waals surface area contributed by atoms with E-state index >= 15 is 0 Å². The van der Waals surface area contributed by atoms with Gasteiger partial charge in [-0.3, -0.25) is 4.90 Å². The van der Waals surface area contributed by atoms with Crippen molar-refractivity contribution in [2.75, 3.05) is 19.6 Å². The minimum absolute atomic E-state index is 0.0118. The van der Waals surface area contributed by atoms with Crippen LogP contribution in [-0.2, 0) is 4.74 Å². The molecule has 2 unspecified atom stereocenters. The van der Waals surface area contributed by atoms with Crippen LogP contribution in [0.15, 0.2) is 12.1 Å². The number of rotatable bonds is 3. The van der Waals surface area contributed by atoms with Gasteiger partial charge < -0.3 is 17.7 Å². The Labute approximate surface area is 88.1 Å². The molecule has 1 rings (SSSR count). The van der Waals surface area contributed by atoms with Crippen LogP contribution in [0.4, 0.5) is 12.9 Å². The molecule has 0 aliphatic carbocycles. The quantitative estimate of drug-likeness (QED) is 0.677. The lowest BCUT2D eigenvalue weighted by molar-refractivity contribution is -0.0651. The van der Waals surface area contributed by atoms with Gasteiger partial charge in [0.25, 0.3) is 0 Å². The first-order valence-electron chi connectivity index (χ1n) is 5.04. The van der Waals surface area contributed by atoms with E-state index in [2.05, 4.69) is 6.58 Å². The number of nitrogens with zero attached hydrogens (tertiary/aromatic N) is 1. The third kappa shape index (κ3) is 3.87. The number of halogens is 3. The summed E-state index contributed by atoms with van der Waals surface area (Å²) in [5.41, 5.74) is -0.628. The van der Waals surface area contributed by atoms with Gasteiger partial charge in [0.2, 0.25) is 0 Å². The summed E-state index contributed by atoms with van der Waals surface area (Å²) in [7, 11) is 0. The van der Waals surface area contributed by atoms with Gasteiger partial charge in [-0.25, -0.2) is 0 Å². The molecule has 0 amide bonds. The van der Waals surface area contributed by atoms with E-state index in [-0.39, 0.29) is 18.8 Å².